The molecule has 1 N–H and O–H groups in total. The summed E-state index contributed by atoms with van der Waals surface area (Å²) in [6, 6.07) is 12.3. The number of carbonyl (C=O) groups excluding carboxylic acids is 1. The molecule has 0 radical (unpaired) electrons. The molecule has 19 heavy (non-hydrogen) atoms. The molecule has 2 aliphatic rings. The van der Waals surface area contributed by atoms with E-state index >= 15 is 0 Å². The maximum absolute atomic E-state index is 12.3. The van der Waals surface area contributed by atoms with Crippen LogP contribution in [0.3, 0.4) is 0 Å². The molecule has 2 aromatic rings. The van der Waals surface area contributed by atoms with Crippen LogP contribution in [0.4, 0.5) is 10.5 Å². The van der Waals surface area contributed by atoms with Crippen LogP contribution in [0.2, 0.25) is 0 Å². The number of fused-ring (bicyclic) bond motifs is 3. The number of thioether (sulfide) groups is 1. The number of hydrogen-bond acceptors (Lipinski definition) is 3. The molecule has 5 heteroatoms. The number of nitrogens with one attached hydrogen (secondary N) is 1. The van der Waals surface area contributed by atoms with Gasteiger partial charge in [0.2, 0.25) is 0 Å². The molecule has 96 valence electrons. The van der Waals surface area contributed by atoms with Gasteiger partial charge in [-0.25, -0.2) is 4.79 Å². The van der Waals surface area contributed by atoms with E-state index in [2.05, 4.69) is 28.9 Å². The molecule has 1 atom stereocenters. The SMILES string of the molecule is O=C1Nc2ccccc2C2(c3cccs3)SCCN12. The van der Waals surface area contributed by atoms with Crippen LogP contribution in [-0.4, -0.2) is 23.2 Å². The van der Waals surface area contributed by atoms with Crippen LogP contribution in [0.15, 0.2) is 41.8 Å². The normalized spacial score (nSPS) is 24.8. The summed E-state index contributed by atoms with van der Waals surface area (Å²) in [6.07, 6.45) is 0. The first-order valence-electron chi connectivity index (χ1n) is 6.18. The quantitative estimate of drug-likeness (QED) is 0.870. The molecule has 1 aromatic heterocycles. The number of para-hydroxylation sites is 1. The Morgan fingerprint density at radius 3 is 2.95 bits per heavy atom. The number of benzene rings is 1. The third-order valence-electron chi connectivity index (χ3n) is 3.64. The predicted octanol–water partition coefficient (Wildman–Crippen LogP) is 3.54. The average Bonchev–Trinajstić information content (AvgIpc) is 3.09. The van der Waals surface area contributed by atoms with Crippen molar-refractivity contribution < 1.29 is 4.79 Å². The van der Waals surface area contributed by atoms with E-state index in [-0.39, 0.29) is 10.9 Å². The standard InChI is InChI=1S/C14H12N2OS2/c17-13-15-11-5-2-1-4-10(11)14(12-6-3-8-18-12)16(13)7-9-19-14/h1-6,8H,7,9H2,(H,15,17). The molecular formula is C14H12N2OS2. The third-order valence-corrected chi connectivity index (χ3v) is 6.21. The predicted molar refractivity (Wildman–Crippen MR) is 79.7 cm³/mol. The van der Waals surface area contributed by atoms with Gasteiger partial charge in [-0.3, -0.25) is 4.90 Å². The Hall–Kier alpha value is -1.46. The van der Waals surface area contributed by atoms with Crippen molar-refractivity contribution in [3.05, 3.63) is 52.2 Å². The van der Waals surface area contributed by atoms with Crippen LogP contribution >= 0.6 is 23.1 Å². The zero-order valence-electron chi connectivity index (χ0n) is 10.1. The van der Waals surface area contributed by atoms with Crippen molar-refractivity contribution in [2.45, 2.75) is 4.87 Å². The summed E-state index contributed by atoms with van der Waals surface area (Å²) in [4.78, 5) is 15.2. The van der Waals surface area contributed by atoms with Crippen molar-refractivity contribution >= 4 is 34.8 Å². The summed E-state index contributed by atoms with van der Waals surface area (Å²) in [5.41, 5.74) is 2.13. The summed E-state index contributed by atoms with van der Waals surface area (Å²) in [7, 11) is 0. The number of anilines is 1. The molecule has 2 amide bonds. The second kappa shape index (κ2) is 4.02. The molecule has 1 aromatic carbocycles. The molecule has 2 aliphatic heterocycles. The molecule has 1 fully saturated rings. The van der Waals surface area contributed by atoms with Crippen molar-refractivity contribution in [2.24, 2.45) is 0 Å². The minimum atomic E-state index is -0.326. The maximum atomic E-state index is 12.3. The van der Waals surface area contributed by atoms with Crippen LogP contribution in [0, 0.1) is 0 Å². The van der Waals surface area contributed by atoms with Crippen molar-refractivity contribution in [2.75, 3.05) is 17.6 Å². The Labute approximate surface area is 119 Å². The van der Waals surface area contributed by atoms with E-state index in [1.165, 1.54) is 10.4 Å². The van der Waals surface area contributed by atoms with Gasteiger partial charge >= 0.3 is 6.03 Å². The fraction of sp³-hybridized carbons (Fsp3) is 0.214. The van der Waals surface area contributed by atoms with Crippen LogP contribution < -0.4 is 5.32 Å². The van der Waals surface area contributed by atoms with Gasteiger partial charge in [0, 0.05) is 28.4 Å². The van der Waals surface area contributed by atoms with Gasteiger partial charge in [-0.05, 0) is 17.5 Å². The molecular weight excluding hydrogens is 276 g/mol. The summed E-state index contributed by atoms with van der Waals surface area (Å²) in [5.74, 6) is 0.972. The number of hydrogen-bond donors (Lipinski definition) is 1. The molecule has 0 spiro atoms. The van der Waals surface area contributed by atoms with Crippen LogP contribution in [0.5, 0.6) is 0 Å². The Kier molecular flexibility index (Phi) is 2.40. The highest BCUT2D eigenvalue weighted by molar-refractivity contribution is 8.00. The maximum Gasteiger partial charge on any atom is 0.323 e. The van der Waals surface area contributed by atoms with E-state index in [1.54, 1.807) is 11.3 Å². The Balaban J connectivity index is 2.02. The van der Waals surface area contributed by atoms with Gasteiger partial charge in [-0.15, -0.1) is 23.1 Å². The van der Waals surface area contributed by atoms with Gasteiger partial charge in [0.05, 0.1) is 0 Å². The van der Waals surface area contributed by atoms with Gasteiger partial charge in [-0.2, -0.15) is 0 Å². The topological polar surface area (TPSA) is 32.3 Å². The number of thiophene rings is 1. The summed E-state index contributed by atoms with van der Waals surface area (Å²) >= 11 is 3.57. The van der Waals surface area contributed by atoms with Crippen molar-refractivity contribution in [3.63, 3.8) is 0 Å². The van der Waals surface area contributed by atoms with Crippen molar-refractivity contribution in [3.8, 4) is 0 Å². The molecule has 0 saturated carbocycles. The molecule has 3 heterocycles. The van der Waals surface area contributed by atoms with Crippen molar-refractivity contribution in [1.82, 2.24) is 4.90 Å². The average molecular weight is 288 g/mol. The first-order valence-corrected chi connectivity index (χ1v) is 8.05. The van der Waals surface area contributed by atoms with Crippen molar-refractivity contribution in [1.29, 1.82) is 0 Å². The van der Waals surface area contributed by atoms with E-state index < -0.39 is 0 Å². The Morgan fingerprint density at radius 2 is 2.11 bits per heavy atom. The minimum absolute atomic E-state index is 0.0112. The highest BCUT2D eigenvalue weighted by Crippen LogP contribution is 2.55. The monoisotopic (exact) mass is 288 g/mol. The van der Waals surface area contributed by atoms with Crippen LogP contribution in [0.1, 0.15) is 10.4 Å². The fourth-order valence-electron chi connectivity index (χ4n) is 2.87. The summed E-state index contributed by atoms with van der Waals surface area (Å²) in [6.45, 7) is 0.794. The number of carbonyl (C=O) groups is 1. The van der Waals surface area contributed by atoms with Gasteiger partial charge in [0.25, 0.3) is 0 Å². The molecule has 3 nitrogen and oxygen atoms in total. The second-order valence-electron chi connectivity index (χ2n) is 4.60. The highest BCUT2D eigenvalue weighted by Gasteiger charge is 2.51. The van der Waals surface area contributed by atoms with E-state index in [1.807, 2.05) is 34.9 Å². The van der Waals surface area contributed by atoms with Crippen LogP contribution in [-0.2, 0) is 4.87 Å². The lowest BCUT2D eigenvalue weighted by Gasteiger charge is -2.42. The zero-order chi connectivity index (χ0) is 12.9. The van der Waals surface area contributed by atoms with Crippen LogP contribution in [0.25, 0.3) is 0 Å². The molecule has 1 saturated heterocycles. The smallest absolute Gasteiger partial charge is 0.307 e. The lowest BCUT2D eigenvalue weighted by molar-refractivity contribution is 0.196. The van der Waals surface area contributed by atoms with Gasteiger partial charge in [-0.1, -0.05) is 24.3 Å². The van der Waals surface area contributed by atoms with Gasteiger partial charge in [0.1, 0.15) is 0 Å². The lowest BCUT2D eigenvalue weighted by atomic mass is 9.98. The van der Waals surface area contributed by atoms with Gasteiger partial charge < -0.3 is 5.32 Å². The third kappa shape index (κ3) is 1.42. The summed E-state index contributed by atoms with van der Waals surface area (Å²) in [5, 5.41) is 5.08. The molecule has 4 rings (SSSR count). The Bertz CT molecular complexity index is 641. The number of urea groups is 1. The summed E-state index contributed by atoms with van der Waals surface area (Å²) < 4.78 is 0. The number of nitrogens with zero attached hydrogens (tertiary/aromatic N) is 1. The molecule has 0 aliphatic carbocycles. The number of amides is 2. The largest absolute Gasteiger partial charge is 0.323 e. The minimum Gasteiger partial charge on any atom is -0.307 e. The van der Waals surface area contributed by atoms with E-state index in [9.17, 15) is 4.79 Å². The van der Waals surface area contributed by atoms with E-state index in [0.717, 1.165) is 18.0 Å². The first kappa shape index (κ1) is 11.4. The lowest BCUT2D eigenvalue weighted by Crippen LogP contribution is -2.50. The molecule has 1 unspecified atom stereocenters. The highest BCUT2D eigenvalue weighted by atomic mass is 32.2. The first-order chi connectivity index (χ1) is 9.32. The molecule has 0 bridgehead atoms. The van der Waals surface area contributed by atoms with E-state index in [4.69, 9.17) is 0 Å². The van der Waals surface area contributed by atoms with E-state index in [0.29, 0.717) is 0 Å². The second-order valence-corrected chi connectivity index (χ2v) is 6.83. The number of rotatable bonds is 1. The zero-order valence-corrected chi connectivity index (χ0v) is 11.8. The Morgan fingerprint density at radius 1 is 1.21 bits per heavy atom. The fourth-order valence-corrected chi connectivity index (χ4v) is 5.47. The van der Waals surface area contributed by atoms with Gasteiger partial charge in [0.15, 0.2) is 4.87 Å².